The number of fused-ring (bicyclic) bond motifs is 1. The molecule has 3 aromatic rings. The summed E-state index contributed by atoms with van der Waals surface area (Å²) in [4.78, 5) is 42.2. The minimum absolute atomic E-state index is 0.181. The van der Waals surface area contributed by atoms with Crippen LogP contribution in [0, 0.1) is 12.8 Å². The van der Waals surface area contributed by atoms with Gasteiger partial charge in [0.2, 0.25) is 5.91 Å². The van der Waals surface area contributed by atoms with E-state index in [9.17, 15) is 14.4 Å². The summed E-state index contributed by atoms with van der Waals surface area (Å²) in [6.45, 7) is 1.99. The predicted molar refractivity (Wildman–Crippen MR) is 142 cm³/mol. The normalized spacial score (nSPS) is 18.8. The van der Waals surface area contributed by atoms with E-state index in [4.69, 9.17) is 5.11 Å². The Morgan fingerprint density at radius 2 is 1.76 bits per heavy atom. The zero-order valence-electron chi connectivity index (χ0n) is 20.1. The van der Waals surface area contributed by atoms with Gasteiger partial charge in [0.1, 0.15) is 5.92 Å². The maximum absolute atomic E-state index is 13.5. The van der Waals surface area contributed by atoms with E-state index >= 15 is 0 Å². The SMILES string of the molecule is Cc1ccc2c(c1)=C(c1ccccc1)[C@H](C1=NN(C(=O)CCC(=O)O)[C@@H](c3ccc(Br)cc3)C1)C(=O)N=2. The number of benzene rings is 3. The van der Waals surface area contributed by atoms with Crippen LogP contribution in [0.1, 0.15) is 42.0 Å². The van der Waals surface area contributed by atoms with E-state index in [2.05, 4.69) is 26.0 Å². The van der Waals surface area contributed by atoms with E-state index < -0.39 is 23.8 Å². The van der Waals surface area contributed by atoms with Gasteiger partial charge in [0.05, 0.1) is 23.5 Å². The highest BCUT2D eigenvalue weighted by Crippen LogP contribution is 2.37. The summed E-state index contributed by atoms with van der Waals surface area (Å²) in [5.41, 5.74) is 4.13. The lowest BCUT2D eigenvalue weighted by Gasteiger charge is -2.22. The van der Waals surface area contributed by atoms with Gasteiger partial charge in [0.25, 0.3) is 5.91 Å². The summed E-state index contributed by atoms with van der Waals surface area (Å²) < 4.78 is 0.895. The van der Waals surface area contributed by atoms with Crippen molar-refractivity contribution in [3.63, 3.8) is 0 Å². The minimum Gasteiger partial charge on any atom is -0.481 e. The number of hydrazone groups is 1. The van der Waals surface area contributed by atoms with Crippen LogP contribution in [0.3, 0.4) is 0 Å². The molecule has 2 atom stereocenters. The topological polar surface area (TPSA) is 99.4 Å². The summed E-state index contributed by atoms with van der Waals surface area (Å²) in [5, 5.41) is 16.6. The van der Waals surface area contributed by atoms with E-state index in [1.54, 1.807) is 0 Å². The predicted octanol–water partition coefficient (Wildman–Crippen LogP) is 3.93. The largest absolute Gasteiger partial charge is 0.481 e. The first-order valence-electron chi connectivity index (χ1n) is 12.0. The first-order chi connectivity index (χ1) is 17.8. The fraction of sp³-hybridized carbons (Fsp3) is 0.207. The number of carbonyl (C=O) groups excluding carboxylic acids is 2. The first kappa shape index (κ1) is 24.8. The van der Waals surface area contributed by atoms with Crippen LogP contribution in [0.5, 0.6) is 0 Å². The van der Waals surface area contributed by atoms with E-state index in [1.165, 1.54) is 5.01 Å². The van der Waals surface area contributed by atoms with Crippen LogP contribution in [0.15, 0.2) is 87.4 Å². The van der Waals surface area contributed by atoms with Crippen LogP contribution < -0.4 is 10.6 Å². The van der Waals surface area contributed by atoms with E-state index in [0.29, 0.717) is 17.5 Å². The van der Waals surface area contributed by atoms with Gasteiger partial charge in [-0.25, -0.2) is 10.0 Å². The first-order valence-corrected chi connectivity index (χ1v) is 12.8. The highest BCUT2D eigenvalue weighted by atomic mass is 79.9. The molecule has 0 saturated heterocycles. The highest BCUT2D eigenvalue weighted by Gasteiger charge is 2.40. The third-order valence-corrected chi connectivity index (χ3v) is 7.15. The lowest BCUT2D eigenvalue weighted by molar-refractivity contribution is -0.141. The molecule has 2 aliphatic rings. The maximum atomic E-state index is 13.5. The second kappa shape index (κ2) is 10.2. The molecule has 37 heavy (non-hydrogen) atoms. The van der Waals surface area contributed by atoms with Crippen molar-refractivity contribution in [3.05, 3.63) is 105 Å². The number of carboxylic acids is 1. The number of halogens is 1. The number of amides is 2. The van der Waals surface area contributed by atoms with Gasteiger partial charge in [-0.2, -0.15) is 5.10 Å². The van der Waals surface area contributed by atoms with Crippen LogP contribution in [0.2, 0.25) is 0 Å². The molecule has 2 amide bonds. The second-order valence-electron chi connectivity index (χ2n) is 9.18. The smallest absolute Gasteiger partial charge is 0.303 e. The van der Waals surface area contributed by atoms with Crippen molar-refractivity contribution < 1.29 is 19.5 Å². The second-order valence-corrected chi connectivity index (χ2v) is 10.1. The summed E-state index contributed by atoms with van der Waals surface area (Å²) in [5.74, 6) is -2.54. The van der Waals surface area contributed by atoms with Gasteiger partial charge >= 0.3 is 5.97 Å². The Labute approximate surface area is 222 Å². The number of aryl methyl sites for hydroxylation is 1. The molecule has 8 heteroatoms. The summed E-state index contributed by atoms with van der Waals surface area (Å²) in [6, 6.07) is 22.6. The van der Waals surface area contributed by atoms with Crippen LogP contribution in [-0.4, -0.2) is 33.6 Å². The molecule has 0 bridgehead atoms. The van der Waals surface area contributed by atoms with Gasteiger partial charge in [0.15, 0.2) is 0 Å². The quantitative estimate of drug-likeness (QED) is 0.496. The van der Waals surface area contributed by atoms with Crippen LogP contribution >= 0.6 is 15.9 Å². The number of rotatable bonds is 6. The summed E-state index contributed by atoms with van der Waals surface area (Å²) in [7, 11) is 0. The van der Waals surface area contributed by atoms with Gasteiger partial charge < -0.3 is 5.11 Å². The Morgan fingerprint density at radius 3 is 2.46 bits per heavy atom. The van der Waals surface area contributed by atoms with Crippen molar-refractivity contribution in [2.45, 2.75) is 32.2 Å². The molecule has 2 heterocycles. The molecule has 0 radical (unpaired) electrons. The summed E-state index contributed by atoms with van der Waals surface area (Å²) >= 11 is 3.44. The Balaban J connectivity index is 1.64. The molecule has 0 unspecified atom stereocenters. The fourth-order valence-electron chi connectivity index (χ4n) is 4.89. The van der Waals surface area contributed by atoms with Crippen molar-refractivity contribution in [2.24, 2.45) is 16.0 Å². The molecule has 1 N–H and O–H groups in total. The van der Waals surface area contributed by atoms with E-state index in [-0.39, 0.29) is 18.7 Å². The standard InChI is InChI=1S/C29H24BrN3O4/c1-17-7-12-22-21(15-17)27(19-5-3-2-4-6-19)28(29(37)31-22)23-16-24(18-8-10-20(30)11-9-18)33(32-23)25(34)13-14-26(35)36/h2-12,15,24,28H,13-14,16H2,1H3,(H,35,36)/t24-,28+/m1/s1. The number of carboxylic acid groups (broad SMARTS) is 1. The number of hydrogen-bond acceptors (Lipinski definition) is 4. The molecule has 0 saturated carbocycles. The van der Waals surface area contributed by atoms with Crippen molar-refractivity contribution in [1.29, 1.82) is 0 Å². The lowest BCUT2D eigenvalue weighted by Crippen LogP contribution is -2.40. The van der Waals surface area contributed by atoms with Crippen LogP contribution in [0.25, 0.3) is 5.57 Å². The molecule has 5 rings (SSSR count). The minimum atomic E-state index is -1.05. The third-order valence-electron chi connectivity index (χ3n) is 6.62. The fourth-order valence-corrected chi connectivity index (χ4v) is 5.15. The van der Waals surface area contributed by atoms with Gasteiger partial charge in [-0.05, 0) is 47.9 Å². The average molecular weight is 558 g/mol. The Bertz CT molecular complexity index is 1550. The van der Waals surface area contributed by atoms with Gasteiger partial charge in [-0.1, -0.05) is 70.0 Å². The monoisotopic (exact) mass is 557 g/mol. The molecule has 0 spiro atoms. The molecule has 0 fully saturated rings. The molecule has 0 aliphatic carbocycles. The molecule has 2 aliphatic heterocycles. The molecule has 3 aromatic carbocycles. The molecular formula is C29H24BrN3O4. The van der Waals surface area contributed by atoms with E-state index in [0.717, 1.165) is 32.0 Å². The van der Waals surface area contributed by atoms with Crippen molar-refractivity contribution >= 4 is 45.0 Å². The zero-order chi connectivity index (χ0) is 26.1. The zero-order valence-corrected chi connectivity index (χ0v) is 21.7. The van der Waals surface area contributed by atoms with Crippen LogP contribution in [0.4, 0.5) is 0 Å². The van der Waals surface area contributed by atoms with Crippen molar-refractivity contribution in [3.8, 4) is 0 Å². The maximum Gasteiger partial charge on any atom is 0.303 e. The number of hydrogen-bond donors (Lipinski definition) is 1. The Morgan fingerprint density at radius 1 is 1.03 bits per heavy atom. The number of aliphatic carboxylic acids is 1. The molecule has 0 aromatic heterocycles. The highest BCUT2D eigenvalue weighted by molar-refractivity contribution is 9.10. The average Bonchev–Trinajstić information content (AvgIpc) is 3.32. The van der Waals surface area contributed by atoms with Crippen molar-refractivity contribution in [2.75, 3.05) is 0 Å². The summed E-state index contributed by atoms with van der Waals surface area (Å²) in [6.07, 6.45) is -0.137. The Hall–Kier alpha value is -3.91. The van der Waals surface area contributed by atoms with Crippen molar-refractivity contribution in [1.82, 2.24) is 5.01 Å². The molecular weight excluding hydrogens is 534 g/mol. The van der Waals surface area contributed by atoms with Crippen LogP contribution in [-0.2, 0) is 14.4 Å². The Kier molecular flexibility index (Phi) is 6.84. The van der Waals surface area contributed by atoms with E-state index in [1.807, 2.05) is 79.7 Å². The van der Waals surface area contributed by atoms with Gasteiger partial charge in [0, 0.05) is 22.5 Å². The van der Waals surface area contributed by atoms with Gasteiger partial charge in [-0.15, -0.1) is 0 Å². The van der Waals surface area contributed by atoms with Gasteiger partial charge in [-0.3, -0.25) is 14.4 Å². The molecule has 7 nitrogen and oxygen atoms in total. The third kappa shape index (κ3) is 5.02. The number of nitrogens with zero attached hydrogens (tertiary/aromatic N) is 3. The molecule has 186 valence electrons. The number of carbonyl (C=O) groups is 3. The lowest BCUT2D eigenvalue weighted by atomic mass is 9.82.